The minimum atomic E-state index is 0.0213. The van der Waals surface area contributed by atoms with E-state index in [0.717, 1.165) is 38.8 Å². The van der Waals surface area contributed by atoms with Gasteiger partial charge in [-0.3, -0.25) is 9.59 Å². The maximum Gasteiger partial charge on any atom is 0.220 e. The number of carbonyl (C=O) groups is 2. The van der Waals surface area contributed by atoms with Crippen molar-refractivity contribution in [2.75, 3.05) is 13.1 Å². The maximum atomic E-state index is 11.8. The molecular weight excluding hydrogens is 288 g/mol. The average molecular weight is 316 g/mol. The van der Waals surface area contributed by atoms with E-state index in [9.17, 15) is 9.59 Å². The molecule has 1 aromatic rings. The summed E-state index contributed by atoms with van der Waals surface area (Å²) in [5.74, 6) is 0.550. The van der Waals surface area contributed by atoms with Crippen LogP contribution in [0.25, 0.3) is 0 Å². The minimum absolute atomic E-state index is 0.0213. The van der Waals surface area contributed by atoms with Gasteiger partial charge in [-0.15, -0.1) is 0 Å². The van der Waals surface area contributed by atoms with E-state index in [0.29, 0.717) is 12.3 Å². The molecule has 1 N–H and O–H groups in total. The lowest BCUT2D eigenvalue weighted by molar-refractivity contribution is -0.121. The van der Waals surface area contributed by atoms with E-state index in [1.54, 1.807) is 0 Å². The Bertz CT molecular complexity index is 548. The molecule has 1 aliphatic heterocycles. The van der Waals surface area contributed by atoms with Crippen molar-refractivity contribution in [3.63, 3.8) is 0 Å². The fourth-order valence-corrected chi connectivity index (χ4v) is 3.33. The fraction of sp³-hybridized carbons (Fsp3) is 0.579. The molecule has 1 aromatic carbocycles. The van der Waals surface area contributed by atoms with Crippen LogP contribution in [-0.4, -0.2) is 30.3 Å². The van der Waals surface area contributed by atoms with Crippen molar-refractivity contribution in [3.8, 4) is 0 Å². The largest absolute Gasteiger partial charge is 0.350 e. The van der Waals surface area contributed by atoms with Crippen molar-refractivity contribution in [1.82, 2.24) is 10.2 Å². The van der Waals surface area contributed by atoms with Gasteiger partial charge >= 0.3 is 0 Å². The second-order valence-corrected chi connectivity index (χ2v) is 6.38. The predicted octanol–water partition coefficient (Wildman–Crippen LogP) is 3.17. The van der Waals surface area contributed by atoms with Crippen LogP contribution in [0, 0.1) is 0 Å². The Morgan fingerprint density at radius 2 is 2.04 bits per heavy atom. The molecule has 2 rings (SSSR count). The minimum Gasteiger partial charge on any atom is -0.350 e. The summed E-state index contributed by atoms with van der Waals surface area (Å²) in [5.41, 5.74) is 3.86. The van der Waals surface area contributed by atoms with Crippen molar-refractivity contribution < 1.29 is 9.59 Å². The van der Waals surface area contributed by atoms with Gasteiger partial charge in [-0.25, -0.2) is 0 Å². The quantitative estimate of drug-likeness (QED) is 0.820. The van der Waals surface area contributed by atoms with E-state index in [2.05, 4.69) is 37.4 Å². The highest BCUT2D eigenvalue weighted by Gasteiger charge is 2.24. The van der Waals surface area contributed by atoms with Gasteiger partial charge < -0.3 is 10.2 Å². The summed E-state index contributed by atoms with van der Waals surface area (Å²) in [6.45, 7) is 7.72. The van der Waals surface area contributed by atoms with Gasteiger partial charge in [0, 0.05) is 19.5 Å². The molecule has 1 unspecified atom stereocenters. The molecule has 1 heterocycles. The molecule has 1 saturated heterocycles. The van der Waals surface area contributed by atoms with Gasteiger partial charge in [-0.2, -0.15) is 0 Å². The Morgan fingerprint density at radius 3 is 2.61 bits per heavy atom. The highest BCUT2D eigenvalue weighted by atomic mass is 16.1. The number of nitrogens with one attached hydrogen (secondary N) is 1. The highest BCUT2D eigenvalue weighted by Crippen LogP contribution is 2.33. The zero-order chi connectivity index (χ0) is 16.8. The van der Waals surface area contributed by atoms with Gasteiger partial charge in [0.1, 0.15) is 0 Å². The summed E-state index contributed by atoms with van der Waals surface area (Å²) in [5, 5.41) is 3.09. The molecule has 0 aliphatic carbocycles. The van der Waals surface area contributed by atoms with Gasteiger partial charge in [-0.1, -0.05) is 32.0 Å². The summed E-state index contributed by atoms with van der Waals surface area (Å²) >= 11 is 0. The SMILES string of the molecule is CCC(=O)NC(C)c1cc(CC)ccc1C1CCN(C=O)CC1. The zero-order valence-corrected chi connectivity index (χ0v) is 14.5. The number of hydrogen-bond donors (Lipinski definition) is 1. The third-order valence-electron chi connectivity index (χ3n) is 4.84. The van der Waals surface area contributed by atoms with Crippen molar-refractivity contribution in [2.24, 2.45) is 0 Å². The second-order valence-electron chi connectivity index (χ2n) is 6.38. The summed E-state index contributed by atoms with van der Waals surface area (Å²) < 4.78 is 0. The third kappa shape index (κ3) is 4.34. The fourth-order valence-electron chi connectivity index (χ4n) is 3.33. The lowest BCUT2D eigenvalue weighted by atomic mass is 9.84. The number of amides is 2. The highest BCUT2D eigenvalue weighted by molar-refractivity contribution is 5.76. The third-order valence-corrected chi connectivity index (χ3v) is 4.84. The molecule has 4 nitrogen and oxygen atoms in total. The van der Waals surface area contributed by atoms with E-state index in [4.69, 9.17) is 0 Å². The zero-order valence-electron chi connectivity index (χ0n) is 14.5. The lowest BCUT2D eigenvalue weighted by Gasteiger charge is -2.32. The van der Waals surface area contributed by atoms with Gasteiger partial charge in [-0.05, 0) is 48.8 Å². The van der Waals surface area contributed by atoms with E-state index >= 15 is 0 Å². The summed E-state index contributed by atoms with van der Waals surface area (Å²) in [4.78, 5) is 24.5. The van der Waals surface area contributed by atoms with Crippen LogP contribution in [0.2, 0.25) is 0 Å². The molecule has 1 aliphatic rings. The topological polar surface area (TPSA) is 49.4 Å². The van der Waals surface area contributed by atoms with E-state index < -0.39 is 0 Å². The Labute approximate surface area is 139 Å². The number of piperidine rings is 1. The predicted molar refractivity (Wildman–Crippen MR) is 92.3 cm³/mol. The smallest absolute Gasteiger partial charge is 0.220 e. The van der Waals surface area contributed by atoms with Crippen molar-refractivity contribution in [3.05, 3.63) is 34.9 Å². The normalized spacial score (nSPS) is 16.9. The molecule has 0 aromatic heterocycles. The molecule has 2 amide bonds. The van der Waals surface area contributed by atoms with Crippen molar-refractivity contribution in [1.29, 1.82) is 0 Å². The van der Waals surface area contributed by atoms with Crippen LogP contribution in [0.1, 0.15) is 68.7 Å². The standard InChI is InChI=1S/C19H28N2O2/c1-4-15-6-7-17(16-8-10-21(13-22)11-9-16)18(12-15)14(3)20-19(23)5-2/h6-7,12-14,16H,4-5,8-11H2,1-3H3,(H,20,23). The Balaban J connectivity index is 2.24. The monoisotopic (exact) mass is 316 g/mol. The molecular formula is C19H28N2O2. The molecule has 0 saturated carbocycles. The number of benzene rings is 1. The van der Waals surface area contributed by atoms with Crippen LogP contribution in [-0.2, 0) is 16.0 Å². The molecule has 0 spiro atoms. The average Bonchev–Trinajstić information content (AvgIpc) is 2.61. The number of nitrogens with zero attached hydrogens (tertiary/aromatic N) is 1. The van der Waals surface area contributed by atoms with Crippen LogP contribution in [0.4, 0.5) is 0 Å². The first-order valence-corrected chi connectivity index (χ1v) is 8.70. The van der Waals surface area contributed by atoms with Crippen LogP contribution >= 0.6 is 0 Å². The Hall–Kier alpha value is -1.84. The van der Waals surface area contributed by atoms with E-state index in [1.165, 1.54) is 16.7 Å². The van der Waals surface area contributed by atoms with Crippen molar-refractivity contribution >= 4 is 12.3 Å². The van der Waals surface area contributed by atoms with E-state index in [1.807, 2.05) is 11.8 Å². The first-order valence-electron chi connectivity index (χ1n) is 8.70. The van der Waals surface area contributed by atoms with Gasteiger partial charge in [0.2, 0.25) is 12.3 Å². The van der Waals surface area contributed by atoms with Crippen molar-refractivity contribution in [2.45, 2.75) is 58.4 Å². The van der Waals surface area contributed by atoms with Crippen LogP contribution < -0.4 is 5.32 Å². The number of aryl methyl sites for hydroxylation is 1. The Kier molecular flexibility index (Phi) is 6.20. The first kappa shape index (κ1) is 17.5. The number of likely N-dealkylation sites (tertiary alicyclic amines) is 1. The van der Waals surface area contributed by atoms with Crippen LogP contribution in [0.15, 0.2) is 18.2 Å². The Morgan fingerprint density at radius 1 is 1.35 bits per heavy atom. The number of hydrogen-bond acceptors (Lipinski definition) is 2. The summed E-state index contributed by atoms with van der Waals surface area (Å²) in [6.07, 6.45) is 4.43. The van der Waals surface area contributed by atoms with Gasteiger partial charge in [0.05, 0.1) is 6.04 Å². The maximum absolute atomic E-state index is 11.8. The van der Waals surface area contributed by atoms with Crippen LogP contribution in [0.3, 0.4) is 0 Å². The summed E-state index contributed by atoms with van der Waals surface area (Å²) in [7, 11) is 0. The molecule has 0 radical (unpaired) electrons. The molecule has 126 valence electrons. The van der Waals surface area contributed by atoms with E-state index in [-0.39, 0.29) is 11.9 Å². The number of rotatable bonds is 6. The van der Waals surface area contributed by atoms with Crippen LogP contribution in [0.5, 0.6) is 0 Å². The summed E-state index contributed by atoms with van der Waals surface area (Å²) in [6, 6.07) is 6.68. The molecule has 0 bridgehead atoms. The lowest BCUT2D eigenvalue weighted by Crippen LogP contribution is -2.32. The number of carbonyl (C=O) groups excluding carboxylic acids is 2. The molecule has 1 fully saturated rings. The molecule has 1 atom stereocenters. The second kappa shape index (κ2) is 8.14. The molecule has 4 heteroatoms. The van der Waals surface area contributed by atoms with Gasteiger partial charge in [0.25, 0.3) is 0 Å². The molecule has 23 heavy (non-hydrogen) atoms. The van der Waals surface area contributed by atoms with Gasteiger partial charge in [0.15, 0.2) is 0 Å². The first-order chi connectivity index (χ1) is 11.1.